The maximum Gasteiger partial charge on any atom is 0.243 e. The number of hydrogen-bond donors (Lipinski definition) is 1. The number of carboxylic acids is 1. The van der Waals surface area contributed by atoms with E-state index in [9.17, 15) is 23.1 Å². The Hall–Kier alpha value is -2.13. The van der Waals surface area contributed by atoms with E-state index in [1.54, 1.807) is 12.1 Å². The minimum Gasteiger partial charge on any atom is -0.548 e. The van der Waals surface area contributed by atoms with Crippen LogP contribution < -0.4 is 15.2 Å². The molecule has 156 valence electrons. The summed E-state index contributed by atoms with van der Waals surface area (Å²) in [6.45, 7) is 4.13. The van der Waals surface area contributed by atoms with Gasteiger partial charge in [-0.25, -0.2) is 8.42 Å². The number of rotatable bonds is 8. The molecule has 1 aromatic rings. The van der Waals surface area contributed by atoms with Gasteiger partial charge in [-0.3, -0.25) is 4.79 Å². The molecule has 0 radical (unpaired) electrons. The van der Waals surface area contributed by atoms with Crippen molar-refractivity contribution in [2.45, 2.75) is 44.0 Å². The average Bonchev–Trinajstić information content (AvgIpc) is 2.67. The number of aliphatic carboxylic acids is 1. The van der Waals surface area contributed by atoms with Gasteiger partial charge in [0.15, 0.2) is 0 Å². The highest BCUT2D eigenvalue weighted by Crippen LogP contribution is 2.25. The highest BCUT2D eigenvalue weighted by atomic mass is 32.2. The molecule has 0 unspecified atom stereocenters. The fraction of sp³-hybridized carbons (Fsp3) is 0.579. The van der Waals surface area contributed by atoms with E-state index in [0.29, 0.717) is 25.0 Å². The van der Waals surface area contributed by atoms with Crippen LogP contribution in [0, 0.1) is 11.8 Å². The maximum absolute atomic E-state index is 12.8. The lowest BCUT2D eigenvalue weighted by molar-refractivity contribution is -0.308. The van der Waals surface area contributed by atoms with Gasteiger partial charge in [-0.15, -0.1) is 0 Å². The van der Waals surface area contributed by atoms with Crippen LogP contribution in [-0.2, 0) is 19.6 Å². The quantitative estimate of drug-likeness (QED) is 0.661. The predicted molar refractivity (Wildman–Crippen MR) is 101 cm³/mol. The fourth-order valence-electron chi connectivity index (χ4n) is 3.23. The molecule has 1 aliphatic heterocycles. The maximum atomic E-state index is 12.8. The number of carbonyl (C=O) groups excluding carboxylic acids is 2. The minimum atomic E-state index is -3.65. The Morgan fingerprint density at radius 1 is 1.21 bits per heavy atom. The van der Waals surface area contributed by atoms with Crippen LogP contribution in [0.2, 0.25) is 0 Å². The molecule has 0 saturated carbocycles. The molecule has 1 amide bonds. The third kappa shape index (κ3) is 5.45. The third-order valence-electron chi connectivity index (χ3n) is 4.83. The molecule has 1 heterocycles. The van der Waals surface area contributed by atoms with Gasteiger partial charge >= 0.3 is 0 Å². The fourth-order valence-corrected chi connectivity index (χ4v) is 4.70. The number of methoxy groups -OCH3 is 1. The minimum absolute atomic E-state index is 0.0969. The van der Waals surface area contributed by atoms with E-state index in [1.165, 1.54) is 23.5 Å². The first kappa shape index (κ1) is 22.2. The van der Waals surface area contributed by atoms with Crippen molar-refractivity contribution in [3.63, 3.8) is 0 Å². The molecular formula is C19H27N2O6S-. The van der Waals surface area contributed by atoms with Gasteiger partial charge < -0.3 is 20.0 Å². The molecule has 9 heteroatoms. The average molecular weight is 412 g/mol. The number of carboxylic acid groups (broad SMARTS) is 1. The highest BCUT2D eigenvalue weighted by Gasteiger charge is 2.32. The van der Waals surface area contributed by atoms with Crippen LogP contribution in [-0.4, -0.2) is 50.8 Å². The number of hydrogen-bond acceptors (Lipinski definition) is 6. The van der Waals surface area contributed by atoms with Crippen LogP contribution in [0.5, 0.6) is 5.75 Å². The summed E-state index contributed by atoms with van der Waals surface area (Å²) in [5, 5.41) is 13.7. The number of piperidine rings is 1. The van der Waals surface area contributed by atoms with E-state index in [1.807, 2.05) is 13.8 Å². The van der Waals surface area contributed by atoms with Crippen LogP contribution in [0.15, 0.2) is 29.2 Å². The molecule has 0 aromatic heterocycles. The van der Waals surface area contributed by atoms with Crippen molar-refractivity contribution < 1.29 is 27.9 Å². The second kappa shape index (κ2) is 9.38. The van der Waals surface area contributed by atoms with Crippen molar-refractivity contribution in [1.82, 2.24) is 9.62 Å². The molecule has 1 saturated heterocycles. The van der Waals surface area contributed by atoms with Gasteiger partial charge in [0, 0.05) is 19.0 Å². The predicted octanol–water partition coefficient (Wildman–Crippen LogP) is 0.377. The van der Waals surface area contributed by atoms with Gasteiger partial charge in [0.05, 0.1) is 24.0 Å². The Morgan fingerprint density at radius 3 is 2.25 bits per heavy atom. The van der Waals surface area contributed by atoms with E-state index in [-0.39, 0.29) is 29.8 Å². The normalized spacial score (nSPS) is 17.3. The Kier molecular flexibility index (Phi) is 7.42. The lowest BCUT2D eigenvalue weighted by Crippen LogP contribution is -2.51. The van der Waals surface area contributed by atoms with Crippen molar-refractivity contribution in [3.8, 4) is 5.75 Å². The molecule has 0 spiro atoms. The summed E-state index contributed by atoms with van der Waals surface area (Å²) in [7, 11) is -2.14. The number of benzene rings is 1. The van der Waals surface area contributed by atoms with Gasteiger partial charge in [-0.1, -0.05) is 13.8 Å². The molecule has 1 aliphatic rings. The summed E-state index contributed by atoms with van der Waals surface area (Å²) in [6, 6.07) is 5.12. The largest absolute Gasteiger partial charge is 0.548 e. The van der Waals surface area contributed by atoms with Gasteiger partial charge in [-0.05, 0) is 49.4 Å². The van der Waals surface area contributed by atoms with Crippen LogP contribution in [0.4, 0.5) is 0 Å². The van der Waals surface area contributed by atoms with Crippen molar-refractivity contribution in [2.24, 2.45) is 11.8 Å². The molecule has 0 aliphatic carbocycles. The Bertz CT molecular complexity index is 783. The van der Waals surface area contributed by atoms with Crippen molar-refractivity contribution in [3.05, 3.63) is 24.3 Å². The van der Waals surface area contributed by atoms with Gasteiger partial charge in [0.2, 0.25) is 15.9 Å². The van der Waals surface area contributed by atoms with Crippen molar-refractivity contribution in [1.29, 1.82) is 0 Å². The van der Waals surface area contributed by atoms with E-state index < -0.39 is 28.0 Å². The van der Waals surface area contributed by atoms with Gasteiger partial charge in [0.1, 0.15) is 5.75 Å². The zero-order chi connectivity index (χ0) is 20.9. The molecular weight excluding hydrogens is 384 g/mol. The second-order valence-electron chi connectivity index (χ2n) is 7.36. The highest BCUT2D eigenvalue weighted by molar-refractivity contribution is 7.89. The Labute approximate surface area is 165 Å². The first-order valence-corrected chi connectivity index (χ1v) is 10.7. The summed E-state index contributed by atoms with van der Waals surface area (Å²) in [4.78, 5) is 23.8. The van der Waals surface area contributed by atoms with E-state index >= 15 is 0 Å². The van der Waals surface area contributed by atoms with Gasteiger partial charge in [0.25, 0.3) is 0 Å². The summed E-state index contributed by atoms with van der Waals surface area (Å²) < 4.78 is 31.9. The lowest BCUT2D eigenvalue weighted by atomic mass is 9.96. The first-order chi connectivity index (χ1) is 13.1. The number of carbonyl (C=O) groups is 2. The molecule has 2 rings (SSSR count). The molecule has 8 nitrogen and oxygen atoms in total. The van der Waals surface area contributed by atoms with Crippen molar-refractivity contribution >= 4 is 21.9 Å². The number of sulfonamides is 1. The number of ether oxygens (including phenoxy) is 1. The van der Waals surface area contributed by atoms with E-state index in [2.05, 4.69) is 5.32 Å². The Morgan fingerprint density at radius 2 is 1.79 bits per heavy atom. The van der Waals surface area contributed by atoms with E-state index in [4.69, 9.17) is 4.74 Å². The second-order valence-corrected chi connectivity index (χ2v) is 9.30. The summed E-state index contributed by atoms with van der Waals surface area (Å²) in [6.07, 6.45) is 0.962. The summed E-state index contributed by atoms with van der Waals surface area (Å²) in [5.41, 5.74) is 0. The SMILES string of the molecule is COc1ccc(S(=O)(=O)N2CCC(C(=O)N[C@@H](CC(C)C)C(=O)[O-])CC2)cc1. The first-order valence-electron chi connectivity index (χ1n) is 9.30. The summed E-state index contributed by atoms with van der Waals surface area (Å²) in [5.74, 6) is -1.42. The van der Waals surface area contributed by atoms with E-state index in [0.717, 1.165) is 0 Å². The number of amides is 1. The third-order valence-corrected chi connectivity index (χ3v) is 6.74. The van der Waals surface area contributed by atoms with Gasteiger partial charge in [-0.2, -0.15) is 4.31 Å². The smallest absolute Gasteiger partial charge is 0.243 e. The molecule has 28 heavy (non-hydrogen) atoms. The zero-order valence-electron chi connectivity index (χ0n) is 16.4. The summed E-state index contributed by atoms with van der Waals surface area (Å²) >= 11 is 0. The molecule has 1 N–H and O–H groups in total. The Balaban J connectivity index is 1.97. The molecule has 0 bridgehead atoms. The number of nitrogens with one attached hydrogen (secondary N) is 1. The monoisotopic (exact) mass is 411 g/mol. The molecule has 1 fully saturated rings. The van der Waals surface area contributed by atoms with Crippen LogP contribution >= 0.6 is 0 Å². The molecule has 1 aromatic carbocycles. The number of nitrogens with zero attached hydrogens (tertiary/aromatic N) is 1. The lowest BCUT2D eigenvalue weighted by Gasteiger charge is -2.32. The van der Waals surface area contributed by atoms with Crippen LogP contribution in [0.1, 0.15) is 33.1 Å². The molecule has 1 atom stereocenters. The van der Waals surface area contributed by atoms with Crippen molar-refractivity contribution in [2.75, 3.05) is 20.2 Å². The zero-order valence-corrected chi connectivity index (χ0v) is 17.2. The standard InChI is InChI=1S/C19H28N2O6S/c1-13(2)12-17(19(23)24)20-18(22)14-8-10-21(11-9-14)28(25,26)16-6-4-15(27-3)5-7-16/h4-7,13-14,17H,8-12H2,1-3H3,(H,20,22)(H,23,24)/p-1/t17-/m0/s1. The van der Waals surface area contributed by atoms with Crippen LogP contribution in [0.3, 0.4) is 0 Å². The topological polar surface area (TPSA) is 116 Å². The van der Waals surface area contributed by atoms with Crippen LogP contribution in [0.25, 0.3) is 0 Å².